The van der Waals surface area contributed by atoms with Gasteiger partial charge in [-0.2, -0.15) is 5.26 Å². The Bertz CT molecular complexity index is 444. The van der Waals surface area contributed by atoms with Crippen LogP contribution in [0.15, 0.2) is 18.2 Å². The predicted octanol–water partition coefficient (Wildman–Crippen LogP) is 3.13. The fourth-order valence-corrected chi connectivity index (χ4v) is 1.36. The molecule has 0 saturated carbocycles. The van der Waals surface area contributed by atoms with E-state index in [9.17, 15) is 4.79 Å². The smallest absolute Gasteiger partial charge is 0.153 e. The van der Waals surface area contributed by atoms with Crippen molar-refractivity contribution in [3.05, 3.63) is 29.3 Å². The van der Waals surface area contributed by atoms with Crippen LogP contribution in [-0.4, -0.2) is 12.9 Å². The van der Waals surface area contributed by atoms with Crippen LogP contribution in [-0.2, 0) is 0 Å². The Morgan fingerprint density at radius 3 is 2.76 bits per heavy atom. The summed E-state index contributed by atoms with van der Waals surface area (Å²) in [6, 6.07) is 7.70. The molecule has 3 nitrogen and oxygen atoms in total. The lowest BCUT2D eigenvalue weighted by atomic mass is 9.92. The molecular weight excluding hydrogens is 214 g/mol. The first kappa shape index (κ1) is 13.2. The van der Waals surface area contributed by atoms with Crippen molar-refractivity contribution in [1.82, 2.24) is 0 Å². The topological polar surface area (TPSA) is 50.1 Å². The summed E-state index contributed by atoms with van der Waals surface area (Å²) in [4.78, 5) is 10.9. The van der Waals surface area contributed by atoms with Gasteiger partial charge in [0.05, 0.1) is 23.7 Å². The highest BCUT2D eigenvalue weighted by Gasteiger charge is 2.16. The van der Waals surface area contributed by atoms with Gasteiger partial charge in [0.2, 0.25) is 0 Å². The van der Waals surface area contributed by atoms with Crippen molar-refractivity contribution in [3.63, 3.8) is 0 Å². The SMILES string of the molecule is Cc1ccc(OCCC(C)(C)C#N)c(C=O)c1. The number of nitriles is 1. The summed E-state index contributed by atoms with van der Waals surface area (Å²) in [6.45, 7) is 6.10. The molecular formula is C14H17NO2. The first-order valence-electron chi connectivity index (χ1n) is 5.58. The Morgan fingerprint density at radius 1 is 1.47 bits per heavy atom. The lowest BCUT2D eigenvalue weighted by Gasteiger charge is -2.16. The largest absolute Gasteiger partial charge is 0.493 e. The summed E-state index contributed by atoms with van der Waals surface area (Å²) in [7, 11) is 0. The fourth-order valence-electron chi connectivity index (χ4n) is 1.36. The van der Waals surface area contributed by atoms with Gasteiger partial charge in [-0.05, 0) is 39.3 Å². The van der Waals surface area contributed by atoms with E-state index in [1.54, 1.807) is 12.1 Å². The molecule has 1 aromatic rings. The molecule has 0 amide bonds. The summed E-state index contributed by atoms with van der Waals surface area (Å²) >= 11 is 0. The zero-order valence-corrected chi connectivity index (χ0v) is 10.5. The number of aldehydes is 1. The Kier molecular flexibility index (Phi) is 4.28. The standard InChI is InChI=1S/C14H17NO2/c1-11-4-5-13(12(8-11)9-16)17-7-6-14(2,3)10-15/h4-5,8-9H,6-7H2,1-3H3. The molecule has 0 bridgehead atoms. The van der Waals surface area contributed by atoms with Crippen LogP contribution in [0.25, 0.3) is 0 Å². The Balaban J connectivity index is 2.64. The van der Waals surface area contributed by atoms with Crippen LogP contribution in [0.5, 0.6) is 5.75 Å². The predicted molar refractivity (Wildman–Crippen MR) is 66.1 cm³/mol. The quantitative estimate of drug-likeness (QED) is 0.731. The number of aryl methyl sites for hydroxylation is 1. The Hall–Kier alpha value is -1.82. The van der Waals surface area contributed by atoms with Gasteiger partial charge in [0, 0.05) is 0 Å². The second kappa shape index (κ2) is 5.49. The molecule has 3 heteroatoms. The lowest BCUT2D eigenvalue weighted by molar-refractivity contribution is 0.111. The molecule has 17 heavy (non-hydrogen) atoms. The number of carbonyl (C=O) groups is 1. The molecule has 0 heterocycles. The Labute approximate surface area is 102 Å². The third kappa shape index (κ3) is 3.92. The van der Waals surface area contributed by atoms with Crippen LogP contribution in [0.1, 0.15) is 36.2 Å². The van der Waals surface area contributed by atoms with E-state index in [0.29, 0.717) is 24.3 Å². The van der Waals surface area contributed by atoms with Gasteiger partial charge < -0.3 is 4.74 Å². The van der Waals surface area contributed by atoms with Crippen molar-refractivity contribution in [2.75, 3.05) is 6.61 Å². The fraction of sp³-hybridized carbons (Fsp3) is 0.429. The minimum atomic E-state index is -0.397. The average molecular weight is 231 g/mol. The normalized spacial score (nSPS) is 10.7. The molecule has 0 radical (unpaired) electrons. The molecule has 0 unspecified atom stereocenters. The van der Waals surface area contributed by atoms with Crippen molar-refractivity contribution >= 4 is 6.29 Å². The van der Waals surface area contributed by atoms with Gasteiger partial charge in [-0.1, -0.05) is 11.6 Å². The number of carbonyl (C=O) groups excluding carboxylic acids is 1. The molecule has 0 atom stereocenters. The number of benzene rings is 1. The maximum atomic E-state index is 10.9. The summed E-state index contributed by atoms with van der Waals surface area (Å²) in [5.41, 5.74) is 1.18. The number of hydrogen-bond donors (Lipinski definition) is 0. The van der Waals surface area contributed by atoms with Gasteiger partial charge >= 0.3 is 0 Å². The average Bonchev–Trinajstić information content (AvgIpc) is 2.30. The molecule has 0 aliphatic carbocycles. The van der Waals surface area contributed by atoms with E-state index in [0.717, 1.165) is 11.8 Å². The van der Waals surface area contributed by atoms with Crippen LogP contribution in [0, 0.1) is 23.7 Å². The van der Waals surface area contributed by atoms with Crippen molar-refractivity contribution in [1.29, 1.82) is 5.26 Å². The second-order valence-corrected chi connectivity index (χ2v) is 4.75. The molecule has 90 valence electrons. The van der Waals surface area contributed by atoms with Gasteiger partial charge in [-0.15, -0.1) is 0 Å². The van der Waals surface area contributed by atoms with E-state index in [1.807, 2.05) is 26.8 Å². The van der Waals surface area contributed by atoms with Crippen molar-refractivity contribution in [3.8, 4) is 11.8 Å². The molecule has 1 aromatic carbocycles. The molecule has 0 aliphatic rings. The van der Waals surface area contributed by atoms with Crippen molar-refractivity contribution in [2.45, 2.75) is 27.2 Å². The zero-order valence-electron chi connectivity index (χ0n) is 10.5. The molecule has 0 fully saturated rings. The van der Waals surface area contributed by atoms with Gasteiger partial charge in [-0.3, -0.25) is 4.79 Å². The van der Waals surface area contributed by atoms with E-state index >= 15 is 0 Å². The number of ether oxygens (including phenoxy) is 1. The van der Waals surface area contributed by atoms with Crippen molar-refractivity contribution < 1.29 is 9.53 Å². The molecule has 0 spiro atoms. The third-order valence-electron chi connectivity index (χ3n) is 2.58. The van der Waals surface area contributed by atoms with E-state index in [1.165, 1.54) is 0 Å². The van der Waals surface area contributed by atoms with Gasteiger partial charge in [-0.25, -0.2) is 0 Å². The summed E-state index contributed by atoms with van der Waals surface area (Å²) in [6.07, 6.45) is 1.42. The van der Waals surface area contributed by atoms with E-state index in [-0.39, 0.29) is 0 Å². The number of rotatable bonds is 5. The molecule has 1 rings (SSSR count). The highest BCUT2D eigenvalue weighted by atomic mass is 16.5. The third-order valence-corrected chi connectivity index (χ3v) is 2.58. The van der Waals surface area contributed by atoms with E-state index < -0.39 is 5.41 Å². The minimum Gasteiger partial charge on any atom is -0.493 e. The minimum absolute atomic E-state index is 0.397. The van der Waals surface area contributed by atoms with E-state index in [4.69, 9.17) is 10.00 Å². The monoisotopic (exact) mass is 231 g/mol. The van der Waals surface area contributed by atoms with Crippen LogP contribution in [0.3, 0.4) is 0 Å². The van der Waals surface area contributed by atoms with Crippen LogP contribution in [0.4, 0.5) is 0 Å². The Morgan fingerprint density at radius 2 is 2.18 bits per heavy atom. The molecule has 0 aliphatic heterocycles. The molecule has 0 aromatic heterocycles. The highest BCUT2D eigenvalue weighted by molar-refractivity contribution is 5.79. The van der Waals surface area contributed by atoms with Crippen LogP contribution < -0.4 is 4.74 Å². The number of hydrogen-bond acceptors (Lipinski definition) is 3. The van der Waals surface area contributed by atoms with Gasteiger partial charge in [0.1, 0.15) is 5.75 Å². The maximum Gasteiger partial charge on any atom is 0.153 e. The zero-order chi connectivity index (χ0) is 12.9. The molecule has 0 saturated heterocycles. The van der Waals surface area contributed by atoms with E-state index in [2.05, 4.69) is 6.07 Å². The van der Waals surface area contributed by atoms with Crippen LogP contribution in [0.2, 0.25) is 0 Å². The second-order valence-electron chi connectivity index (χ2n) is 4.75. The lowest BCUT2D eigenvalue weighted by Crippen LogP contribution is -2.13. The van der Waals surface area contributed by atoms with Crippen LogP contribution >= 0.6 is 0 Å². The highest BCUT2D eigenvalue weighted by Crippen LogP contribution is 2.22. The summed E-state index contributed by atoms with van der Waals surface area (Å²) in [5.74, 6) is 0.583. The van der Waals surface area contributed by atoms with Crippen molar-refractivity contribution in [2.24, 2.45) is 5.41 Å². The van der Waals surface area contributed by atoms with Gasteiger partial charge in [0.25, 0.3) is 0 Å². The first-order valence-corrected chi connectivity index (χ1v) is 5.58. The first-order chi connectivity index (χ1) is 7.98. The number of nitrogens with zero attached hydrogens (tertiary/aromatic N) is 1. The maximum absolute atomic E-state index is 10.9. The molecule has 0 N–H and O–H groups in total. The summed E-state index contributed by atoms with van der Waals surface area (Å²) in [5, 5.41) is 8.87. The van der Waals surface area contributed by atoms with Gasteiger partial charge in [0.15, 0.2) is 6.29 Å². The summed E-state index contributed by atoms with van der Waals surface area (Å²) < 4.78 is 5.54.